The number of fused-ring (bicyclic) bond motifs is 4. The minimum absolute atomic E-state index is 0.214. The number of H-pyrrole nitrogens is 1. The number of benzene rings is 2. The lowest BCUT2D eigenvalue weighted by Gasteiger charge is -2.09. The third-order valence-electron chi connectivity index (χ3n) is 4.83. The Kier molecular flexibility index (Phi) is 5.61. The highest BCUT2D eigenvalue weighted by atomic mass is 19.4. The van der Waals surface area contributed by atoms with Crippen LogP contribution in [0.4, 0.5) is 13.2 Å². The number of nitrogens with zero attached hydrogens (tertiary/aromatic N) is 1. The summed E-state index contributed by atoms with van der Waals surface area (Å²) in [7, 11) is 1.97. The van der Waals surface area contributed by atoms with Crippen LogP contribution in [0.2, 0.25) is 0 Å². The lowest BCUT2D eigenvalue weighted by atomic mass is 9.97. The number of carbonyl (C=O) groups excluding carboxylic acids is 1. The van der Waals surface area contributed by atoms with Crippen LogP contribution in [0.1, 0.15) is 18.1 Å². The Balaban J connectivity index is 0.000000589. The van der Waals surface area contributed by atoms with Crippen LogP contribution in [0.15, 0.2) is 36.7 Å². The molecule has 0 atom stereocenters. The van der Waals surface area contributed by atoms with E-state index in [0.717, 1.165) is 50.6 Å². The molecule has 8 heteroatoms. The zero-order chi connectivity index (χ0) is 22.2. The number of pyridine rings is 1. The average molecular weight is 418 g/mol. The Hall–Kier alpha value is -3.29. The first-order chi connectivity index (χ1) is 14.0. The van der Waals surface area contributed by atoms with E-state index in [-0.39, 0.29) is 5.75 Å². The number of aromatic nitrogens is 2. The fraction of sp³-hybridized carbons (Fsp3) is 0.273. The normalized spacial score (nSPS) is 11.6. The second kappa shape index (κ2) is 7.85. The number of halogens is 3. The molecule has 0 saturated carbocycles. The molecular weight excluding hydrogens is 397 g/mol. The number of aliphatic carboxylic acids is 1. The van der Waals surface area contributed by atoms with Gasteiger partial charge in [-0.2, -0.15) is 13.2 Å². The van der Waals surface area contributed by atoms with Gasteiger partial charge in [0.1, 0.15) is 12.8 Å². The largest absolute Gasteiger partial charge is 0.550 e. The van der Waals surface area contributed by atoms with E-state index in [1.165, 1.54) is 0 Å². The highest BCUT2D eigenvalue weighted by molar-refractivity contribution is 6.16. The molecule has 4 aromatic rings. The lowest BCUT2D eigenvalue weighted by molar-refractivity contribution is -0.670. The summed E-state index contributed by atoms with van der Waals surface area (Å²) in [5.74, 6) is -0.869. The van der Waals surface area contributed by atoms with Crippen LogP contribution < -0.4 is 14.4 Å². The van der Waals surface area contributed by atoms with Crippen molar-refractivity contribution in [1.29, 1.82) is 0 Å². The van der Waals surface area contributed by atoms with Crippen LogP contribution in [0.3, 0.4) is 0 Å². The van der Waals surface area contributed by atoms with Gasteiger partial charge in [-0.25, -0.2) is 4.57 Å². The molecule has 2 aromatic carbocycles. The van der Waals surface area contributed by atoms with Gasteiger partial charge >= 0.3 is 6.18 Å². The van der Waals surface area contributed by atoms with E-state index < -0.39 is 18.8 Å². The Morgan fingerprint density at radius 1 is 1.13 bits per heavy atom. The van der Waals surface area contributed by atoms with Crippen LogP contribution >= 0.6 is 0 Å². The first-order valence-corrected chi connectivity index (χ1v) is 9.18. The van der Waals surface area contributed by atoms with Gasteiger partial charge in [0, 0.05) is 33.7 Å². The van der Waals surface area contributed by atoms with Gasteiger partial charge in [0.2, 0.25) is 0 Å². The quantitative estimate of drug-likeness (QED) is 0.506. The maximum Gasteiger partial charge on any atom is 0.422 e. The van der Waals surface area contributed by atoms with Crippen LogP contribution in [0, 0.1) is 13.8 Å². The molecule has 0 bridgehead atoms. The van der Waals surface area contributed by atoms with Gasteiger partial charge in [-0.1, -0.05) is 0 Å². The van der Waals surface area contributed by atoms with Crippen molar-refractivity contribution in [3.63, 3.8) is 0 Å². The third kappa shape index (κ3) is 4.32. The topological polar surface area (TPSA) is 69.0 Å². The van der Waals surface area contributed by atoms with Crippen molar-refractivity contribution in [2.75, 3.05) is 6.61 Å². The summed E-state index contributed by atoms with van der Waals surface area (Å²) < 4.78 is 44.3. The van der Waals surface area contributed by atoms with E-state index in [0.29, 0.717) is 0 Å². The number of ether oxygens (including phenoxy) is 1. The Labute approximate surface area is 170 Å². The standard InChI is InChI=1S/C20H17F3N2O.C2H4O2/c1-11-16-9-25(3)7-6-14(16)12(2)19-18(11)15-8-13(4-5-17(15)24-19)26-10-20(21,22)23;1-2(3)4/h4-9H,10H2,1-3H3;1H3,(H,3,4). The number of rotatable bonds is 2. The second-order valence-corrected chi connectivity index (χ2v) is 7.17. The van der Waals surface area contributed by atoms with Crippen LogP contribution in [-0.4, -0.2) is 23.7 Å². The zero-order valence-electron chi connectivity index (χ0n) is 17.0. The summed E-state index contributed by atoms with van der Waals surface area (Å²) in [6.07, 6.45) is -0.279. The molecule has 0 fully saturated rings. The Morgan fingerprint density at radius 2 is 1.80 bits per heavy atom. The van der Waals surface area contributed by atoms with Crippen molar-refractivity contribution >= 4 is 38.5 Å². The van der Waals surface area contributed by atoms with Crippen LogP contribution in [0.5, 0.6) is 5.75 Å². The van der Waals surface area contributed by atoms with E-state index in [9.17, 15) is 13.2 Å². The second-order valence-electron chi connectivity index (χ2n) is 7.17. The highest BCUT2D eigenvalue weighted by Crippen LogP contribution is 2.37. The van der Waals surface area contributed by atoms with Gasteiger partial charge in [-0.3, -0.25) is 0 Å². The molecule has 158 valence electrons. The number of carbonyl (C=O) groups is 1. The first-order valence-electron chi connectivity index (χ1n) is 9.18. The van der Waals surface area contributed by atoms with E-state index in [4.69, 9.17) is 14.6 Å². The minimum atomic E-state index is -4.35. The van der Waals surface area contributed by atoms with Crippen LogP contribution in [0.25, 0.3) is 32.6 Å². The maximum absolute atomic E-state index is 12.4. The number of aromatic amines is 1. The summed E-state index contributed by atoms with van der Waals surface area (Å²) in [5.41, 5.74) is 4.10. The summed E-state index contributed by atoms with van der Waals surface area (Å²) in [5, 5.41) is 13.1. The number of hydrogen-bond donors (Lipinski definition) is 1. The van der Waals surface area contributed by atoms with E-state index in [1.807, 2.05) is 24.7 Å². The van der Waals surface area contributed by atoms with Crippen molar-refractivity contribution in [1.82, 2.24) is 4.98 Å². The lowest BCUT2D eigenvalue weighted by Crippen LogP contribution is -2.26. The monoisotopic (exact) mass is 418 g/mol. The van der Waals surface area contributed by atoms with Gasteiger partial charge in [-0.15, -0.1) is 0 Å². The average Bonchev–Trinajstić information content (AvgIpc) is 3.02. The third-order valence-corrected chi connectivity index (χ3v) is 4.83. The molecule has 30 heavy (non-hydrogen) atoms. The molecule has 5 nitrogen and oxygen atoms in total. The Bertz CT molecular complexity index is 1260. The predicted octanol–water partition coefficient (Wildman–Crippen LogP) is 3.61. The van der Waals surface area contributed by atoms with E-state index >= 15 is 0 Å². The van der Waals surface area contributed by atoms with Gasteiger partial charge in [-0.05, 0) is 55.5 Å². The van der Waals surface area contributed by atoms with Crippen molar-refractivity contribution in [3.05, 3.63) is 47.8 Å². The van der Waals surface area contributed by atoms with Gasteiger partial charge in [0.25, 0.3) is 0 Å². The fourth-order valence-electron chi connectivity index (χ4n) is 3.59. The van der Waals surface area contributed by atoms with Crippen molar-refractivity contribution < 1.29 is 32.4 Å². The minimum Gasteiger partial charge on any atom is -0.550 e. The summed E-state index contributed by atoms with van der Waals surface area (Å²) in [4.78, 5) is 12.3. The molecule has 1 N–H and O–H groups in total. The summed E-state index contributed by atoms with van der Waals surface area (Å²) in [6, 6.07) is 7.10. The SMILES string of the molecule is CC(=O)[O-].Cc1c2cc[n+](C)cc2c(C)c2c1[nH]c1ccc(OCC(F)(F)F)cc12. The number of carboxylic acids is 1. The van der Waals surface area contributed by atoms with Crippen molar-refractivity contribution in [3.8, 4) is 5.75 Å². The zero-order valence-corrected chi connectivity index (χ0v) is 17.0. The van der Waals surface area contributed by atoms with Gasteiger partial charge < -0.3 is 19.6 Å². The van der Waals surface area contributed by atoms with Gasteiger partial charge in [0.15, 0.2) is 19.0 Å². The number of hydrogen-bond acceptors (Lipinski definition) is 3. The number of alkyl halides is 3. The molecule has 0 aliphatic heterocycles. The summed E-state index contributed by atoms with van der Waals surface area (Å²) in [6.45, 7) is 3.78. The molecule has 0 aliphatic carbocycles. The number of nitrogens with one attached hydrogen (secondary N) is 1. The summed E-state index contributed by atoms with van der Waals surface area (Å²) >= 11 is 0. The van der Waals surface area contributed by atoms with Crippen LogP contribution in [-0.2, 0) is 11.8 Å². The molecule has 0 aliphatic rings. The first kappa shape index (κ1) is 21.4. The highest BCUT2D eigenvalue weighted by Gasteiger charge is 2.28. The number of carboxylic acid groups (broad SMARTS) is 1. The molecule has 0 saturated heterocycles. The fourth-order valence-corrected chi connectivity index (χ4v) is 3.59. The maximum atomic E-state index is 12.4. The van der Waals surface area contributed by atoms with E-state index in [1.54, 1.807) is 18.2 Å². The molecule has 2 aromatic heterocycles. The predicted molar refractivity (Wildman–Crippen MR) is 106 cm³/mol. The molecule has 4 rings (SSSR count). The van der Waals surface area contributed by atoms with E-state index in [2.05, 4.69) is 24.2 Å². The molecule has 0 amide bonds. The smallest absolute Gasteiger partial charge is 0.422 e. The Morgan fingerprint density at radius 3 is 2.43 bits per heavy atom. The molecule has 2 heterocycles. The molecule has 0 spiro atoms. The molecular formula is C22H21F3N2O3. The van der Waals surface area contributed by atoms with Crippen molar-refractivity contribution in [2.45, 2.75) is 26.9 Å². The molecule has 0 unspecified atom stereocenters. The van der Waals surface area contributed by atoms with Gasteiger partial charge in [0.05, 0.1) is 5.52 Å². The van der Waals surface area contributed by atoms with Crippen molar-refractivity contribution in [2.24, 2.45) is 7.05 Å². The number of aryl methyl sites for hydroxylation is 3. The molecule has 0 radical (unpaired) electrons.